The van der Waals surface area contributed by atoms with Gasteiger partial charge in [0.15, 0.2) is 11.5 Å². The van der Waals surface area contributed by atoms with Gasteiger partial charge in [-0.3, -0.25) is 0 Å². The van der Waals surface area contributed by atoms with Crippen LogP contribution in [0.15, 0.2) is 97.6 Å². The molecule has 6 aromatic rings. The van der Waals surface area contributed by atoms with E-state index in [4.69, 9.17) is 9.47 Å². The molecule has 0 aliphatic heterocycles. The summed E-state index contributed by atoms with van der Waals surface area (Å²) in [5, 5.41) is 0. The quantitative estimate of drug-likeness (QED) is 0.327. The van der Waals surface area contributed by atoms with Crippen molar-refractivity contribution in [3.05, 3.63) is 97.6 Å². The van der Waals surface area contributed by atoms with Crippen molar-refractivity contribution in [3.63, 3.8) is 0 Å². The molecule has 32 heavy (non-hydrogen) atoms. The molecular formula is C26H18N4O2. The summed E-state index contributed by atoms with van der Waals surface area (Å²) < 4.78 is 12.7. The van der Waals surface area contributed by atoms with Crippen LogP contribution in [0, 0.1) is 0 Å². The molecule has 4 aromatic carbocycles. The molecule has 0 amide bonds. The number of ether oxygens (including phenoxy) is 2. The van der Waals surface area contributed by atoms with Crippen molar-refractivity contribution in [3.8, 4) is 34.1 Å². The fourth-order valence-electron chi connectivity index (χ4n) is 3.81. The number of imidazole rings is 2. The second-order valence-corrected chi connectivity index (χ2v) is 7.31. The third kappa shape index (κ3) is 3.15. The number of fused-ring (bicyclic) bond motifs is 2. The first-order valence-corrected chi connectivity index (χ1v) is 10.3. The summed E-state index contributed by atoms with van der Waals surface area (Å²) >= 11 is 0. The third-order valence-electron chi connectivity index (χ3n) is 5.31. The van der Waals surface area contributed by atoms with Gasteiger partial charge in [0.2, 0.25) is 0 Å². The first-order chi connectivity index (χ1) is 15.9. The highest BCUT2D eigenvalue weighted by atomic mass is 16.5. The predicted octanol–water partition coefficient (Wildman–Crippen LogP) is 6.69. The highest BCUT2D eigenvalue weighted by Crippen LogP contribution is 2.45. The molecular weight excluding hydrogens is 400 g/mol. The molecule has 154 valence electrons. The van der Waals surface area contributed by atoms with Crippen molar-refractivity contribution in [2.75, 3.05) is 0 Å². The Morgan fingerprint density at radius 1 is 0.500 bits per heavy atom. The Morgan fingerprint density at radius 3 is 1.38 bits per heavy atom. The maximum absolute atomic E-state index is 6.37. The number of H-pyrrole nitrogens is 2. The Labute approximate surface area is 183 Å². The number of nitrogens with zero attached hydrogens (tertiary/aromatic N) is 2. The van der Waals surface area contributed by atoms with Crippen LogP contribution in [0.4, 0.5) is 0 Å². The first-order valence-electron chi connectivity index (χ1n) is 10.3. The van der Waals surface area contributed by atoms with E-state index < -0.39 is 0 Å². The second-order valence-electron chi connectivity index (χ2n) is 7.31. The van der Waals surface area contributed by atoms with Crippen LogP contribution in [-0.4, -0.2) is 19.9 Å². The molecule has 0 saturated heterocycles. The van der Waals surface area contributed by atoms with Gasteiger partial charge < -0.3 is 19.4 Å². The van der Waals surface area contributed by atoms with Gasteiger partial charge in [0.25, 0.3) is 0 Å². The molecule has 2 aromatic heterocycles. The third-order valence-corrected chi connectivity index (χ3v) is 5.31. The average Bonchev–Trinajstić information content (AvgIpc) is 3.51. The number of rotatable bonds is 5. The molecule has 2 N–H and O–H groups in total. The van der Waals surface area contributed by atoms with Crippen LogP contribution in [0.5, 0.6) is 23.0 Å². The van der Waals surface area contributed by atoms with Gasteiger partial charge in [0.05, 0.1) is 23.7 Å². The second kappa shape index (κ2) is 7.59. The maximum atomic E-state index is 6.37. The summed E-state index contributed by atoms with van der Waals surface area (Å²) in [7, 11) is 0. The van der Waals surface area contributed by atoms with Gasteiger partial charge in [0, 0.05) is 11.1 Å². The minimum atomic E-state index is 0.655. The molecule has 0 aliphatic carbocycles. The summed E-state index contributed by atoms with van der Waals surface area (Å²) in [6.07, 6.45) is 3.34. The minimum Gasteiger partial charge on any atom is -0.454 e. The van der Waals surface area contributed by atoms with Crippen molar-refractivity contribution >= 4 is 22.1 Å². The number of benzene rings is 4. The van der Waals surface area contributed by atoms with Crippen LogP contribution in [0.3, 0.4) is 0 Å². The van der Waals surface area contributed by atoms with Gasteiger partial charge >= 0.3 is 0 Å². The predicted molar refractivity (Wildman–Crippen MR) is 124 cm³/mol. The number of para-hydroxylation sites is 2. The Morgan fingerprint density at radius 2 is 0.938 bits per heavy atom. The summed E-state index contributed by atoms with van der Waals surface area (Å²) in [6, 6.07) is 27.4. The lowest BCUT2D eigenvalue weighted by atomic mass is 10.0. The molecule has 6 heteroatoms. The number of aromatic nitrogens is 4. The molecule has 0 fully saturated rings. The van der Waals surface area contributed by atoms with Gasteiger partial charge in [-0.15, -0.1) is 0 Å². The monoisotopic (exact) mass is 418 g/mol. The lowest BCUT2D eigenvalue weighted by Gasteiger charge is -2.16. The largest absolute Gasteiger partial charge is 0.454 e. The number of nitrogens with one attached hydrogen (secondary N) is 2. The summed E-state index contributed by atoms with van der Waals surface area (Å²) in [5.74, 6) is 2.77. The molecule has 6 nitrogen and oxygen atoms in total. The highest BCUT2D eigenvalue weighted by molar-refractivity contribution is 5.97. The number of hydrogen-bond acceptors (Lipinski definition) is 4. The van der Waals surface area contributed by atoms with Crippen LogP contribution in [0.1, 0.15) is 0 Å². The SMILES string of the molecule is c1ccc(Oc2c(-c3ccc4[nH]cnc4c3Oc3ccccc3)ccc3[nH]cnc23)cc1. The van der Waals surface area contributed by atoms with E-state index in [2.05, 4.69) is 19.9 Å². The summed E-state index contributed by atoms with van der Waals surface area (Å²) in [5.41, 5.74) is 5.02. The van der Waals surface area contributed by atoms with Crippen molar-refractivity contribution in [1.29, 1.82) is 0 Å². The van der Waals surface area contributed by atoms with Crippen LogP contribution in [0.2, 0.25) is 0 Å². The normalized spacial score (nSPS) is 11.1. The molecule has 0 saturated carbocycles. The molecule has 0 atom stereocenters. The zero-order valence-electron chi connectivity index (χ0n) is 16.9. The van der Waals surface area contributed by atoms with Crippen LogP contribution >= 0.6 is 0 Å². The zero-order chi connectivity index (χ0) is 21.3. The van der Waals surface area contributed by atoms with Gasteiger partial charge in [-0.2, -0.15) is 0 Å². The molecule has 0 spiro atoms. The molecule has 2 heterocycles. The van der Waals surface area contributed by atoms with Crippen molar-refractivity contribution < 1.29 is 9.47 Å². The van der Waals surface area contributed by atoms with Crippen molar-refractivity contribution in [2.45, 2.75) is 0 Å². The Kier molecular flexibility index (Phi) is 4.32. The van der Waals surface area contributed by atoms with Crippen LogP contribution < -0.4 is 9.47 Å². The molecule has 0 bridgehead atoms. The molecule has 0 radical (unpaired) electrons. The standard InChI is InChI=1S/C26H18N4O2/c1-3-7-17(8-4-1)31-25-19(11-13-21-23(25)29-15-27-21)20-12-14-22-24(30-16-28-22)26(20)32-18-9-5-2-6-10-18/h1-16H,(H,27,29)(H,28,30). The molecule has 0 aliphatic rings. The van der Waals surface area contributed by atoms with Crippen molar-refractivity contribution in [1.82, 2.24) is 19.9 Å². The lowest BCUT2D eigenvalue weighted by Crippen LogP contribution is -1.94. The van der Waals surface area contributed by atoms with Crippen LogP contribution in [0.25, 0.3) is 33.2 Å². The van der Waals surface area contributed by atoms with E-state index in [0.717, 1.165) is 44.7 Å². The smallest absolute Gasteiger partial charge is 0.163 e. The van der Waals surface area contributed by atoms with E-state index in [0.29, 0.717) is 11.5 Å². The lowest BCUT2D eigenvalue weighted by molar-refractivity contribution is 0.482. The zero-order valence-corrected chi connectivity index (χ0v) is 16.9. The first kappa shape index (κ1) is 18.2. The fourth-order valence-corrected chi connectivity index (χ4v) is 3.81. The molecule has 6 rings (SSSR count). The van der Waals surface area contributed by atoms with Gasteiger partial charge in [-0.1, -0.05) is 36.4 Å². The van der Waals surface area contributed by atoms with Gasteiger partial charge in [0.1, 0.15) is 22.5 Å². The number of aromatic amines is 2. The summed E-state index contributed by atoms with van der Waals surface area (Å²) in [6.45, 7) is 0. The molecule has 0 unspecified atom stereocenters. The number of hydrogen-bond donors (Lipinski definition) is 2. The van der Waals surface area contributed by atoms with E-state index in [9.17, 15) is 0 Å². The van der Waals surface area contributed by atoms with E-state index in [1.165, 1.54) is 0 Å². The van der Waals surface area contributed by atoms with Crippen LogP contribution in [-0.2, 0) is 0 Å². The van der Waals surface area contributed by atoms with Crippen molar-refractivity contribution in [2.24, 2.45) is 0 Å². The van der Waals surface area contributed by atoms with Gasteiger partial charge in [-0.05, 0) is 48.5 Å². The Balaban J connectivity index is 1.58. The topological polar surface area (TPSA) is 75.8 Å². The summed E-state index contributed by atoms with van der Waals surface area (Å²) in [4.78, 5) is 15.4. The Hall–Kier alpha value is -4.58. The maximum Gasteiger partial charge on any atom is 0.163 e. The average molecular weight is 418 g/mol. The van der Waals surface area contributed by atoms with E-state index in [-0.39, 0.29) is 0 Å². The van der Waals surface area contributed by atoms with E-state index in [1.807, 2.05) is 84.9 Å². The van der Waals surface area contributed by atoms with Gasteiger partial charge in [-0.25, -0.2) is 9.97 Å². The highest BCUT2D eigenvalue weighted by Gasteiger charge is 2.20. The van der Waals surface area contributed by atoms with E-state index in [1.54, 1.807) is 12.7 Å². The minimum absolute atomic E-state index is 0.655. The van der Waals surface area contributed by atoms with E-state index >= 15 is 0 Å². The Bertz CT molecular complexity index is 1400. The fraction of sp³-hybridized carbons (Fsp3) is 0.